The fourth-order valence-corrected chi connectivity index (χ4v) is 0. The van der Waals surface area contributed by atoms with E-state index < -0.39 is 0 Å². The van der Waals surface area contributed by atoms with Crippen molar-refractivity contribution < 1.29 is 11.0 Å². The van der Waals surface area contributed by atoms with E-state index in [9.17, 15) is 0 Å². The van der Waals surface area contributed by atoms with Crippen molar-refractivity contribution in [2.24, 2.45) is 0 Å². The second-order valence-corrected chi connectivity index (χ2v) is 3.86. The molecule has 0 saturated heterocycles. The zero-order valence-electron chi connectivity index (χ0n) is 2.76. The molecule has 5 heteroatoms. The van der Waals surface area contributed by atoms with E-state index in [0.717, 1.165) is 0 Å². The number of halogens is 2. The molecule has 31 valence electrons. The van der Waals surface area contributed by atoms with Gasteiger partial charge in [0, 0.05) is 0 Å². The molecule has 0 heterocycles. The molecular formula is H4Br2LiO2. The average Bonchev–Trinajstić information content (AvgIpc) is 0.918. The van der Waals surface area contributed by atoms with Gasteiger partial charge in [-0.05, 0) is 0 Å². The van der Waals surface area contributed by atoms with Crippen LogP contribution in [0.5, 0.6) is 0 Å². The summed E-state index contributed by atoms with van der Waals surface area (Å²) in [7, 11) is 0. The maximum atomic E-state index is 3.19. The molecule has 0 amide bonds. The summed E-state index contributed by atoms with van der Waals surface area (Å²) in [5.74, 6) is 0. The molecule has 0 saturated carbocycles. The third-order valence-electron chi connectivity index (χ3n) is 0. The molecule has 0 aliphatic carbocycles. The third-order valence-corrected chi connectivity index (χ3v) is 0. The first-order valence-corrected chi connectivity index (χ1v) is 3.93. The summed E-state index contributed by atoms with van der Waals surface area (Å²) in [6.07, 6.45) is 0. The van der Waals surface area contributed by atoms with E-state index in [1.165, 1.54) is 0 Å². The molecule has 0 aromatic heterocycles. The molecule has 5 heavy (non-hydrogen) atoms. The van der Waals surface area contributed by atoms with Gasteiger partial charge in [-0.25, -0.2) is 0 Å². The Bertz CT molecular complexity index is 7.61. The summed E-state index contributed by atoms with van der Waals surface area (Å²) in [6, 6.07) is 0. The van der Waals surface area contributed by atoms with Gasteiger partial charge >= 0.3 is 40.2 Å². The van der Waals surface area contributed by atoms with Gasteiger partial charge in [0.05, 0.1) is 0 Å². The van der Waals surface area contributed by atoms with E-state index in [1.54, 1.807) is 0 Å². The van der Waals surface area contributed by atoms with Crippen molar-refractivity contribution in [3.63, 3.8) is 0 Å². The van der Waals surface area contributed by atoms with Crippen LogP contribution in [0.25, 0.3) is 0 Å². The maximum absolute atomic E-state index is 3.19. The van der Waals surface area contributed by atoms with Gasteiger partial charge in [-0.3, -0.25) is 0 Å². The van der Waals surface area contributed by atoms with Crippen LogP contribution in [-0.2, 0) is 0 Å². The van der Waals surface area contributed by atoms with Crippen LogP contribution in [0.15, 0.2) is 0 Å². The molecule has 5 radical (unpaired) electrons. The number of hydrogen-bond acceptors (Lipinski definition) is 0. The van der Waals surface area contributed by atoms with Crippen molar-refractivity contribution in [1.82, 2.24) is 0 Å². The molecule has 0 aliphatic heterocycles. The predicted molar refractivity (Wildman–Crippen MR) is 30.8 cm³/mol. The Labute approximate surface area is 51.1 Å². The first-order valence-electron chi connectivity index (χ1n) is 0.756. The molecule has 0 atom stereocenters. The zero-order valence-corrected chi connectivity index (χ0v) is 5.93. The molecule has 0 bridgehead atoms. The van der Waals surface area contributed by atoms with E-state index in [-0.39, 0.29) is 23.7 Å². The van der Waals surface area contributed by atoms with Crippen LogP contribution in [0.4, 0.5) is 0 Å². The molecule has 0 spiro atoms. The minimum atomic E-state index is 0. The summed E-state index contributed by atoms with van der Waals surface area (Å²) in [5.41, 5.74) is 0. The molecule has 0 aliphatic rings. The van der Waals surface area contributed by atoms with Crippen LogP contribution in [0.1, 0.15) is 0 Å². The first-order chi connectivity index (χ1) is 1.41. The van der Waals surface area contributed by atoms with Gasteiger partial charge in [0.1, 0.15) is 0 Å². The number of hydrogen-bond donors (Lipinski definition) is 0. The normalized spacial score (nSPS) is 3.60. The molecule has 0 rings (SSSR count). The van der Waals surface area contributed by atoms with Crippen molar-refractivity contribution in [1.29, 1.82) is 0 Å². The fourth-order valence-electron chi connectivity index (χ4n) is 0. The molecule has 2 nitrogen and oxygen atoms in total. The van der Waals surface area contributed by atoms with E-state index in [1.807, 2.05) is 0 Å². The van der Waals surface area contributed by atoms with Crippen molar-refractivity contribution in [3.8, 4) is 0 Å². The van der Waals surface area contributed by atoms with E-state index in [0.29, 0.717) is 0 Å². The van der Waals surface area contributed by atoms with Crippen molar-refractivity contribution in [2.75, 3.05) is 0 Å². The van der Waals surface area contributed by atoms with Gasteiger partial charge in [0.15, 0.2) is 0 Å². The molecule has 0 fully saturated rings. The van der Waals surface area contributed by atoms with Crippen LogP contribution in [0.2, 0.25) is 0 Å². The van der Waals surface area contributed by atoms with Crippen molar-refractivity contribution in [3.05, 3.63) is 0 Å². The first kappa shape index (κ1) is 16.1. The molecule has 0 aromatic carbocycles. The third kappa shape index (κ3) is 30.3. The monoisotopic (exact) mass is 201 g/mol. The summed E-state index contributed by atoms with van der Waals surface area (Å²) >= 11 is 6.50. The molecule has 0 unspecified atom stereocenters. The van der Waals surface area contributed by atoms with Gasteiger partial charge in [-0.2, -0.15) is 0 Å². The second kappa shape index (κ2) is 17.9. The Morgan fingerprint density at radius 1 is 1.00 bits per heavy atom. The van der Waals surface area contributed by atoms with Crippen LogP contribution in [0, 0.1) is 0 Å². The standard InChI is InChI=1S/2BrH.Li.2H2O/h2*1H;;2*1H2/q;;+2;;/p-2. The van der Waals surface area contributed by atoms with E-state index >= 15 is 0 Å². The SMILES string of the molecule is O.O.[Br][Li][Br]. The molecular weight excluding hydrogens is 199 g/mol. The quantitative estimate of drug-likeness (QED) is 0.483. The van der Waals surface area contributed by atoms with Crippen LogP contribution >= 0.6 is 27.5 Å². The summed E-state index contributed by atoms with van der Waals surface area (Å²) in [4.78, 5) is 0. The van der Waals surface area contributed by atoms with E-state index in [2.05, 4.69) is 27.5 Å². The van der Waals surface area contributed by atoms with Crippen LogP contribution < -0.4 is 0 Å². The Morgan fingerprint density at radius 3 is 1.00 bits per heavy atom. The Kier molecular flexibility index (Phi) is 57.5. The Balaban J connectivity index is -0.0000000200. The molecule has 4 N–H and O–H groups in total. The van der Waals surface area contributed by atoms with Crippen molar-refractivity contribution in [2.45, 2.75) is 0 Å². The summed E-state index contributed by atoms with van der Waals surface area (Å²) in [6.45, 7) is 0. The number of rotatable bonds is 0. The minimum absolute atomic E-state index is 0. The van der Waals surface area contributed by atoms with Gasteiger partial charge < -0.3 is 11.0 Å². The zero-order chi connectivity index (χ0) is 2.71. The second-order valence-electron chi connectivity index (χ2n) is 0.143. The van der Waals surface area contributed by atoms with Gasteiger partial charge in [0.25, 0.3) is 0 Å². The fraction of sp³-hybridized carbons (Fsp3) is 0. The summed E-state index contributed by atoms with van der Waals surface area (Å²) in [5, 5.41) is 0. The van der Waals surface area contributed by atoms with E-state index in [4.69, 9.17) is 0 Å². The Hall–Kier alpha value is 1.48. The summed E-state index contributed by atoms with van der Waals surface area (Å²) < 4.78 is 0. The van der Waals surface area contributed by atoms with Crippen LogP contribution in [-0.4, -0.2) is 23.7 Å². The van der Waals surface area contributed by atoms with Gasteiger partial charge in [-0.1, -0.05) is 0 Å². The van der Waals surface area contributed by atoms with Crippen LogP contribution in [0.3, 0.4) is 0 Å². The van der Waals surface area contributed by atoms with Crippen molar-refractivity contribution >= 4 is 40.2 Å². The van der Waals surface area contributed by atoms with Gasteiger partial charge in [-0.15, -0.1) is 0 Å². The average molecular weight is 203 g/mol. The predicted octanol–water partition coefficient (Wildman–Crippen LogP) is -0.339. The molecule has 0 aromatic rings. The van der Waals surface area contributed by atoms with Gasteiger partial charge in [0.2, 0.25) is 0 Å². The Morgan fingerprint density at radius 2 is 1.00 bits per heavy atom. The topological polar surface area (TPSA) is 63.0 Å².